The van der Waals surface area contributed by atoms with Crippen LogP contribution in [0.15, 0.2) is 12.1 Å². The number of aryl methyl sites for hydroxylation is 1. The van der Waals surface area contributed by atoms with Crippen molar-refractivity contribution in [2.24, 2.45) is 5.41 Å². The second kappa shape index (κ2) is 11.0. The van der Waals surface area contributed by atoms with Gasteiger partial charge in [0.15, 0.2) is 5.82 Å². The standard InChI is InChI=1S/C31H36ClF4N7O/c1-7-18-11-43(10-15(2)37-18)28-19-8-21(33)25(23-16(3)20(32)9-22-24(23)17(4)40-41-22)26(34)27(19)38-29(39-28)44-14-30(13-42(5)6)12-31(30,35)36/h8-9,15,18,37H,7,10-14H2,1-6H3,(H,40,41)/t15-,18-,30-/m1/s1. The zero-order chi connectivity index (χ0) is 31.7. The van der Waals surface area contributed by atoms with E-state index in [2.05, 4.69) is 32.4 Å². The van der Waals surface area contributed by atoms with Crippen LogP contribution in [0.4, 0.5) is 23.4 Å². The highest BCUT2D eigenvalue weighted by molar-refractivity contribution is 6.33. The monoisotopic (exact) mass is 633 g/mol. The second-order valence-corrected chi connectivity index (χ2v) is 13.0. The van der Waals surface area contributed by atoms with Crippen molar-refractivity contribution in [1.82, 2.24) is 30.4 Å². The van der Waals surface area contributed by atoms with Crippen LogP contribution in [0.1, 0.15) is 37.9 Å². The summed E-state index contributed by atoms with van der Waals surface area (Å²) in [5.74, 6) is -4.34. The van der Waals surface area contributed by atoms with Crippen molar-refractivity contribution in [3.05, 3.63) is 40.0 Å². The van der Waals surface area contributed by atoms with Crippen molar-refractivity contribution < 1.29 is 22.3 Å². The zero-order valence-electron chi connectivity index (χ0n) is 25.6. The molecule has 2 fully saturated rings. The molecule has 2 aliphatic rings. The van der Waals surface area contributed by atoms with Gasteiger partial charge in [-0.25, -0.2) is 17.6 Å². The van der Waals surface area contributed by atoms with Gasteiger partial charge in [0, 0.05) is 65.2 Å². The number of piperazine rings is 1. The molecule has 0 spiro atoms. The number of alkyl halides is 2. The smallest absolute Gasteiger partial charge is 0.319 e. The predicted octanol–water partition coefficient (Wildman–Crippen LogP) is 6.26. The van der Waals surface area contributed by atoms with Crippen LogP contribution in [-0.4, -0.2) is 83.4 Å². The summed E-state index contributed by atoms with van der Waals surface area (Å²) < 4.78 is 68.0. The first kappa shape index (κ1) is 30.8. The van der Waals surface area contributed by atoms with Crippen LogP contribution in [0.25, 0.3) is 32.9 Å². The maximum absolute atomic E-state index is 16.8. The Balaban J connectivity index is 1.54. The lowest BCUT2D eigenvalue weighted by Gasteiger charge is -2.38. The molecule has 1 aliphatic heterocycles. The summed E-state index contributed by atoms with van der Waals surface area (Å²) in [6.45, 7) is 8.33. The summed E-state index contributed by atoms with van der Waals surface area (Å²) in [4.78, 5) is 12.6. The molecular formula is C31H36ClF4N7O. The van der Waals surface area contributed by atoms with Gasteiger partial charge in [-0.1, -0.05) is 18.5 Å². The number of hydrogen-bond acceptors (Lipinski definition) is 7. The third kappa shape index (κ3) is 5.14. The van der Waals surface area contributed by atoms with E-state index in [0.717, 1.165) is 6.42 Å². The molecule has 2 aromatic heterocycles. The van der Waals surface area contributed by atoms with E-state index < -0.39 is 23.0 Å². The molecule has 13 heteroatoms. The highest BCUT2D eigenvalue weighted by Gasteiger charge is 2.71. The molecule has 0 unspecified atom stereocenters. The highest BCUT2D eigenvalue weighted by atomic mass is 35.5. The summed E-state index contributed by atoms with van der Waals surface area (Å²) in [5.41, 5.74) is -0.0355. The number of benzene rings is 2. The van der Waals surface area contributed by atoms with E-state index in [0.29, 0.717) is 40.3 Å². The van der Waals surface area contributed by atoms with Gasteiger partial charge in [0.1, 0.15) is 23.8 Å². The maximum atomic E-state index is 16.8. The molecule has 1 aliphatic carbocycles. The number of anilines is 1. The van der Waals surface area contributed by atoms with Crippen LogP contribution >= 0.6 is 11.6 Å². The molecule has 0 amide bonds. The minimum atomic E-state index is -2.90. The molecule has 1 saturated carbocycles. The molecule has 0 radical (unpaired) electrons. The van der Waals surface area contributed by atoms with Crippen molar-refractivity contribution in [2.75, 3.05) is 45.2 Å². The van der Waals surface area contributed by atoms with Gasteiger partial charge in [-0.15, -0.1) is 0 Å². The number of nitrogens with zero attached hydrogens (tertiary/aromatic N) is 5. The number of aromatic amines is 1. The van der Waals surface area contributed by atoms with Gasteiger partial charge < -0.3 is 19.9 Å². The van der Waals surface area contributed by atoms with E-state index in [4.69, 9.17) is 16.3 Å². The van der Waals surface area contributed by atoms with E-state index >= 15 is 8.78 Å². The van der Waals surface area contributed by atoms with Crippen molar-refractivity contribution in [3.8, 4) is 17.1 Å². The number of hydrogen-bond donors (Lipinski definition) is 2. The number of rotatable bonds is 8. The van der Waals surface area contributed by atoms with Gasteiger partial charge in [0.2, 0.25) is 0 Å². The van der Waals surface area contributed by atoms with Crippen LogP contribution < -0.4 is 15.0 Å². The Bertz CT molecular complexity index is 1760. The lowest BCUT2D eigenvalue weighted by Crippen LogP contribution is -2.55. The Morgan fingerprint density at radius 3 is 2.52 bits per heavy atom. The molecule has 8 nitrogen and oxygen atoms in total. The summed E-state index contributed by atoms with van der Waals surface area (Å²) in [6, 6.07) is 2.83. The zero-order valence-corrected chi connectivity index (χ0v) is 26.3. The Hall–Kier alpha value is -3.22. The summed E-state index contributed by atoms with van der Waals surface area (Å²) in [7, 11) is 3.44. The average Bonchev–Trinajstić information content (AvgIpc) is 3.29. The lowest BCUT2D eigenvalue weighted by atomic mass is 9.93. The Morgan fingerprint density at radius 2 is 1.86 bits per heavy atom. The minimum absolute atomic E-state index is 0.0667. The molecule has 6 rings (SSSR count). The van der Waals surface area contributed by atoms with Gasteiger partial charge in [-0.05, 0) is 59.0 Å². The van der Waals surface area contributed by atoms with E-state index in [9.17, 15) is 8.78 Å². The van der Waals surface area contributed by atoms with Gasteiger partial charge in [-0.2, -0.15) is 15.1 Å². The second-order valence-electron chi connectivity index (χ2n) is 12.6. The van der Waals surface area contributed by atoms with Gasteiger partial charge in [0.25, 0.3) is 5.92 Å². The first-order valence-corrected chi connectivity index (χ1v) is 15.1. The van der Waals surface area contributed by atoms with Crippen molar-refractivity contribution >= 4 is 39.2 Å². The Labute approximate surface area is 258 Å². The Kier molecular flexibility index (Phi) is 7.69. The van der Waals surface area contributed by atoms with Crippen LogP contribution in [0, 0.1) is 30.9 Å². The fraction of sp³-hybridized carbons (Fsp3) is 0.516. The maximum Gasteiger partial charge on any atom is 0.319 e. The SMILES string of the molecule is CC[C@@H]1CN(c2nc(OC[C@]3(CN(C)C)CC3(F)F)nc3c(F)c(-c4c(C)c(Cl)cc5n[nH]c(C)c45)c(F)cc23)C[C@@H](C)N1. The van der Waals surface area contributed by atoms with Crippen LogP contribution in [0.5, 0.6) is 6.01 Å². The fourth-order valence-corrected chi connectivity index (χ4v) is 6.77. The number of halogens is 5. The minimum Gasteiger partial charge on any atom is -0.463 e. The van der Waals surface area contributed by atoms with Crippen LogP contribution in [0.3, 0.4) is 0 Å². The molecule has 0 bridgehead atoms. The molecule has 3 heterocycles. The number of nitrogens with one attached hydrogen (secondary N) is 2. The predicted molar refractivity (Wildman–Crippen MR) is 164 cm³/mol. The van der Waals surface area contributed by atoms with Crippen LogP contribution in [0.2, 0.25) is 5.02 Å². The largest absolute Gasteiger partial charge is 0.463 e. The first-order chi connectivity index (χ1) is 20.7. The summed E-state index contributed by atoms with van der Waals surface area (Å²) in [5, 5.41) is 11.7. The number of aromatic nitrogens is 4. The van der Waals surface area contributed by atoms with E-state index in [1.807, 2.05) is 11.8 Å². The van der Waals surface area contributed by atoms with Crippen molar-refractivity contribution in [2.45, 2.75) is 58.5 Å². The summed E-state index contributed by atoms with van der Waals surface area (Å²) >= 11 is 6.50. The van der Waals surface area contributed by atoms with E-state index in [-0.39, 0.29) is 65.5 Å². The highest BCUT2D eigenvalue weighted by Crippen LogP contribution is 2.60. The van der Waals surface area contributed by atoms with Crippen molar-refractivity contribution in [1.29, 1.82) is 0 Å². The topological polar surface area (TPSA) is 82.2 Å². The molecule has 2 aromatic carbocycles. The first-order valence-electron chi connectivity index (χ1n) is 14.8. The molecule has 236 valence electrons. The third-order valence-corrected chi connectivity index (χ3v) is 9.26. The van der Waals surface area contributed by atoms with E-state index in [1.54, 1.807) is 38.9 Å². The molecule has 4 aromatic rings. The number of fused-ring (bicyclic) bond motifs is 2. The molecular weight excluding hydrogens is 598 g/mol. The summed E-state index contributed by atoms with van der Waals surface area (Å²) in [6.07, 6.45) is 0.500. The van der Waals surface area contributed by atoms with E-state index in [1.165, 1.54) is 6.07 Å². The quantitative estimate of drug-likeness (QED) is 0.222. The fourth-order valence-electron chi connectivity index (χ4n) is 6.57. The molecule has 1 saturated heterocycles. The lowest BCUT2D eigenvalue weighted by molar-refractivity contribution is 0.0288. The molecule has 2 N–H and O–H groups in total. The van der Waals surface area contributed by atoms with Gasteiger partial charge >= 0.3 is 6.01 Å². The Morgan fingerprint density at radius 1 is 1.14 bits per heavy atom. The third-order valence-electron chi connectivity index (χ3n) is 8.87. The van der Waals surface area contributed by atoms with Crippen molar-refractivity contribution in [3.63, 3.8) is 0 Å². The number of H-pyrrole nitrogens is 1. The number of ether oxygens (including phenoxy) is 1. The average molecular weight is 634 g/mol. The normalized spacial score (nSPS) is 23.2. The molecule has 3 atom stereocenters. The molecule has 44 heavy (non-hydrogen) atoms. The van der Waals surface area contributed by atoms with Crippen LogP contribution in [-0.2, 0) is 0 Å². The van der Waals surface area contributed by atoms with Gasteiger partial charge in [-0.3, -0.25) is 5.10 Å². The van der Waals surface area contributed by atoms with Gasteiger partial charge in [0.05, 0.1) is 16.5 Å².